The smallest absolute Gasteiger partial charge is 0.261 e. The number of rotatable bonds is 1. The SMILES string of the molecule is C1CCCCC1.CC.CCN1C(=O)c2ccccc2C1=O. The fourth-order valence-electron chi connectivity index (χ4n) is 2.59. The van der Waals surface area contributed by atoms with Gasteiger partial charge in [0.15, 0.2) is 0 Å². The summed E-state index contributed by atoms with van der Waals surface area (Å²) < 4.78 is 0. The predicted octanol–water partition coefficient (Wildman–Crippen LogP) is 4.67. The highest BCUT2D eigenvalue weighted by Gasteiger charge is 2.33. The fraction of sp³-hybridized carbons (Fsp3) is 0.556. The van der Waals surface area contributed by atoms with Gasteiger partial charge in [-0.05, 0) is 19.1 Å². The Balaban J connectivity index is 0.000000231. The van der Waals surface area contributed by atoms with Gasteiger partial charge in [-0.3, -0.25) is 14.5 Å². The molecule has 1 aromatic rings. The summed E-state index contributed by atoms with van der Waals surface area (Å²) in [6.07, 6.45) is 9.00. The molecule has 1 aliphatic carbocycles. The van der Waals surface area contributed by atoms with Gasteiger partial charge in [0.2, 0.25) is 0 Å². The van der Waals surface area contributed by atoms with Crippen LogP contribution < -0.4 is 0 Å². The molecule has 0 atom stereocenters. The molecule has 3 heteroatoms. The fourth-order valence-corrected chi connectivity index (χ4v) is 2.59. The number of hydrogen-bond donors (Lipinski definition) is 0. The number of carbonyl (C=O) groups is 2. The van der Waals surface area contributed by atoms with Crippen molar-refractivity contribution in [1.82, 2.24) is 4.90 Å². The highest BCUT2D eigenvalue weighted by molar-refractivity contribution is 6.21. The predicted molar refractivity (Wildman–Crippen MR) is 86.5 cm³/mol. The van der Waals surface area contributed by atoms with Crippen LogP contribution in [0.25, 0.3) is 0 Å². The summed E-state index contributed by atoms with van der Waals surface area (Å²) in [6, 6.07) is 6.91. The van der Waals surface area contributed by atoms with E-state index in [2.05, 4.69) is 0 Å². The lowest BCUT2D eigenvalue weighted by Crippen LogP contribution is -2.29. The molecule has 0 radical (unpaired) electrons. The van der Waals surface area contributed by atoms with Crippen LogP contribution in [0.1, 0.15) is 80.0 Å². The molecule has 0 spiro atoms. The number of amides is 2. The summed E-state index contributed by atoms with van der Waals surface area (Å²) in [5.74, 6) is -0.355. The zero-order chi connectivity index (χ0) is 15.7. The monoisotopic (exact) mass is 289 g/mol. The minimum atomic E-state index is -0.178. The van der Waals surface area contributed by atoms with Crippen molar-refractivity contribution >= 4 is 11.8 Å². The summed E-state index contributed by atoms with van der Waals surface area (Å²) in [5.41, 5.74) is 1.05. The standard InChI is InChI=1S/C10H9NO2.C6H12.C2H6/c1-2-11-9(12)7-5-3-4-6-8(7)10(11)13;1-2-4-6-5-3-1;1-2/h3-6H,2H2,1H3;1-6H2;1-2H3. The van der Waals surface area contributed by atoms with Crippen LogP contribution in [-0.4, -0.2) is 23.3 Å². The van der Waals surface area contributed by atoms with Gasteiger partial charge in [0.1, 0.15) is 0 Å². The Kier molecular flexibility index (Phi) is 7.73. The van der Waals surface area contributed by atoms with E-state index in [1.807, 2.05) is 13.8 Å². The first-order valence-electron chi connectivity index (χ1n) is 8.21. The third-order valence-electron chi connectivity index (χ3n) is 3.69. The molecule has 1 saturated carbocycles. The molecular formula is C18H27NO2. The van der Waals surface area contributed by atoms with Crippen molar-refractivity contribution in [3.63, 3.8) is 0 Å². The molecule has 2 amide bonds. The minimum absolute atomic E-state index is 0.178. The van der Waals surface area contributed by atoms with Gasteiger partial charge in [0.05, 0.1) is 11.1 Å². The van der Waals surface area contributed by atoms with E-state index in [4.69, 9.17) is 0 Å². The Labute approximate surface area is 128 Å². The number of hydrogen-bond acceptors (Lipinski definition) is 2. The quantitative estimate of drug-likeness (QED) is 0.704. The second kappa shape index (κ2) is 9.32. The Hall–Kier alpha value is -1.64. The van der Waals surface area contributed by atoms with E-state index >= 15 is 0 Å². The Morgan fingerprint density at radius 3 is 1.43 bits per heavy atom. The molecule has 0 aromatic heterocycles. The first-order valence-corrected chi connectivity index (χ1v) is 8.21. The lowest BCUT2D eigenvalue weighted by atomic mass is 10.0. The van der Waals surface area contributed by atoms with E-state index in [1.165, 1.54) is 43.4 Å². The molecule has 0 unspecified atom stereocenters. The zero-order valence-electron chi connectivity index (χ0n) is 13.5. The van der Waals surface area contributed by atoms with Crippen LogP contribution in [0.5, 0.6) is 0 Å². The van der Waals surface area contributed by atoms with Crippen LogP contribution in [-0.2, 0) is 0 Å². The molecule has 1 fully saturated rings. The van der Waals surface area contributed by atoms with Crippen LogP contribution in [0.4, 0.5) is 0 Å². The van der Waals surface area contributed by atoms with E-state index in [0.717, 1.165) is 0 Å². The van der Waals surface area contributed by atoms with Crippen molar-refractivity contribution in [2.45, 2.75) is 59.3 Å². The summed E-state index contributed by atoms with van der Waals surface area (Å²) in [4.78, 5) is 24.3. The van der Waals surface area contributed by atoms with Crippen molar-refractivity contribution < 1.29 is 9.59 Å². The normalized spacial score (nSPS) is 16.4. The minimum Gasteiger partial charge on any atom is -0.275 e. The van der Waals surface area contributed by atoms with E-state index in [1.54, 1.807) is 31.2 Å². The average Bonchev–Trinajstić information content (AvgIpc) is 2.83. The van der Waals surface area contributed by atoms with Crippen molar-refractivity contribution in [1.29, 1.82) is 0 Å². The number of fused-ring (bicyclic) bond motifs is 1. The van der Waals surface area contributed by atoms with E-state index in [-0.39, 0.29) is 11.8 Å². The average molecular weight is 289 g/mol. The molecule has 2 aliphatic rings. The van der Waals surface area contributed by atoms with Gasteiger partial charge in [-0.1, -0.05) is 64.5 Å². The van der Waals surface area contributed by atoms with Crippen molar-refractivity contribution in [2.24, 2.45) is 0 Å². The maximum atomic E-state index is 11.5. The van der Waals surface area contributed by atoms with Crippen LogP contribution in [0, 0.1) is 0 Å². The first kappa shape index (κ1) is 17.4. The lowest BCUT2D eigenvalue weighted by Gasteiger charge is -2.08. The Morgan fingerprint density at radius 2 is 1.14 bits per heavy atom. The second-order valence-corrected chi connectivity index (χ2v) is 5.02. The highest BCUT2D eigenvalue weighted by atomic mass is 16.2. The second-order valence-electron chi connectivity index (χ2n) is 5.02. The topological polar surface area (TPSA) is 37.4 Å². The highest BCUT2D eigenvalue weighted by Crippen LogP contribution is 2.21. The number of imide groups is 1. The van der Waals surface area contributed by atoms with Gasteiger partial charge in [0, 0.05) is 6.54 Å². The van der Waals surface area contributed by atoms with E-state index in [0.29, 0.717) is 17.7 Å². The van der Waals surface area contributed by atoms with Crippen LogP contribution in [0.3, 0.4) is 0 Å². The molecule has 0 saturated heterocycles. The molecule has 0 bridgehead atoms. The Morgan fingerprint density at radius 1 is 0.810 bits per heavy atom. The number of nitrogens with zero attached hydrogens (tertiary/aromatic N) is 1. The summed E-state index contributed by atoms with van der Waals surface area (Å²) in [5, 5.41) is 0. The molecular weight excluding hydrogens is 262 g/mol. The van der Waals surface area contributed by atoms with Gasteiger partial charge in [-0.15, -0.1) is 0 Å². The van der Waals surface area contributed by atoms with Crippen molar-refractivity contribution in [2.75, 3.05) is 6.54 Å². The molecule has 21 heavy (non-hydrogen) atoms. The van der Waals surface area contributed by atoms with Crippen molar-refractivity contribution in [3.05, 3.63) is 35.4 Å². The largest absolute Gasteiger partial charge is 0.275 e. The van der Waals surface area contributed by atoms with Crippen LogP contribution in [0.15, 0.2) is 24.3 Å². The number of benzene rings is 1. The summed E-state index contributed by atoms with van der Waals surface area (Å²) in [7, 11) is 0. The van der Waals surface area contributed by atoms with Gasteiger partial charge < -0.3 is 0 Å². The van der Waals surface area contributed by atoms with Gasteiger partial charge in [0.25, 0.3) is 11.8 Å². The molecule has 116 valence electrons. The molecule has 3 nitrogen and oxygen atoms in total. The van der Waals surface area contributed by atoms with E-state index < -0.39 is 0 Å². The van der Waals surface area contributed by atoms with Gasteiger partial charge in [-0.2, -0.15) is 0 Å². The summed E-state index contributed by atoms with van der Waals surface area (Å²) in [6.45, 7) is 6.23. The molecule has 0 N–H and O–H groups in total. The van der Waals surface area contributed by atoms with Crippen LogP contribution in [0.2, 0.25) is 0 Å². The zero-order valence-corrected chi connectivity index (χ0v) is 13.5. The molecule has 3 rings (SSSR count). The van der Waals surface area contributed by atoms with Gasteiger partial charge in [-0.25, -0.2) is 0 Å². The lowest BCUT2D eigenvalue weighted by molar-refractivity contribution is 0.0663. The first-order chi connectivity index (χ1) is 10.3. The third-order valence-corrected chi connectivity index (χ3v) is 3.69. The maximum Gasteiger partial charge on any atom is 0.261 e. The molecule has 1 aromatic carbocycles. The molecule has 1 heterocycles. The van der Waals surface area contributed by atoms with Gasteiger partial charge >= 0.3 is 0 Å². The molecule has 1 aliphatic heterocycles. The Bertz CT molecular complexity index is 418. The van der Waals surface area contributed by atoms with E-state index in [9.17, 15) is 9.59 Å². The third kappa shape index (κ3) is 4.42. The van der Waals surface area contributed by atoms with Crippen LogP contribution >= 0.6 is 0 Å². The number of carbonyl (C=O) groups excluding carboxylic acids is 2. The van der Waals surface area contributed by atoms with Crippen molar-refractivity contribution in [3.8, 4) is 0 Å². The summed E-state index contributed by atoms with van der Waals surface area (Å²) >= 11 is 0. The maximum absolute atomic E-state index is 11.5.